The van der Waals surface area contributed by atoms with Crippen molar-refractivity contribution in [3.05, 3.63) is 65.3 Å². The molecule has 0 aliphatic heterocycles. The molecule has 0 saturated carbocycles. The zero-order valence-electron chi connectivity index (χ0n) is 10.7. The average molecular weight is 285 g/mol. The van der Waals surface area contributed by atoms with Crippen LogP contribution in [0.2, 0.25) is 5.02 Å². The second-order valence-electron chi connectivity index (χ2n) is 4.38. The third-order valence-electron chi connectivity index (χ3n) is 3.07. The summed E-state index contributed by atoms with van der Waals surface area (Å²) >= 11 is 6.03. The fourth-order valence-corrected chi connectivity index (χ4v) is 2.24. The Hall–Kier alpha value is -2.10. The Kier molecular flexibility index (Phi) is 3.54. The number of aromatic nitrogens is 1. The van der Waals surface area contributed by atoms with Crippen molar-refractivity contribution < 1.29 is 4.74 Å². The molecular weight excluding hydrogens is 272 g/mol. The predicted molar refractivity (Wildman–Crippen MR) is 81.2 cm³/mol. The van der Waals surface area contributed by atoms with E-state index in [1.807, 2.05) is 36.4 Å². The van der Waals surface area contributed by atoms with Crippen LogP contribution in [0.5, 0.6) is 11.5 Å². The number of nitrogens with two attached hydrogens (primary N) is 1. The Balaban J connectivity index is 2.07. The van der Waals surface area contributed by atoms with Gasteiger partial charge in [-0.25, -0.2) is 0 Å². The van der Waals surface area contributed by atoms with E-state index in [4.69, 9.17) is 22.1 Å². The van der Waals surface area contributed by atoms with Crippen molar-refractivity contribution in [3.8, 4) is 11.5 Å². The van der Waals surface area contributed by atoms with E-state index in [-0.39, 0.29) is 0 Å². The van der Waals surface area contributed by atoms with Crippen molar-refractivity contribution >= 4 is 22.5 Å². The first-order valence-corrected chi connectivity index (χ1v) is 6.66. The van der Waals surface area contributed by atoms with Crippen LogP contribution in [0.3, 0.4) is 0 Å². The first kappa shape index (κ1) is 12.9. The summed E-state index contributed by atoms with van der Waals surface area (Å²) in [7, 11) is 0. The highest BCUT2D eigenvalue weighted by molar-refractivity contribution is 6.30. The molecule has 0 fully saturated rings. The highest BCUT2D eigenvalue weighted by Crippen LogP contribution is 2.32. The Morgan fingerprint density at radius 3 is 2.80 bits per heavy atom. The van der Waals surface area contributed by atoms with Crippen molar-refractivity contribution in [3.63, 3.8) is 0 Å². The lowest BCUT2D eigenvalue weighted by Crippen LogP contribution is -1.99. The van der Waals surface area contributed by atoms with Gasteiger partial charge in [-0.2, -0.15) is 0 Å². The molecule has 0 amide bonds. The maximum atomic E-state index is 6.03. The predicted octanol–water partition coefficient (Wildman–Crippen LogP) is 4.14. The minimum Gasteiger partial charge on any atom is -0.456 e. The summed E-state index contributed by atoms with van der Waals surface area (Å²) in [5, 5.41) is 1.58. The van der Waals surface area contributed by atoms with Gasteiger partial charge in [-0.05, 0) is 36.4 Å². The molecule has 0 unspecified atom stereocenters. The molecule has 0 saturated heterocycles. The molecule has 1 aromatic heterocycles. The van der Waals surface area contributed by atoms with Crippen LogP contribution >= 0.6 is 11.6 Å². The molecule has 3 nitrogen and oxygen atoms in total. The monoisotopic (exact) mass is 284 g/mol. The molecule has 3 aromatic rings. The van der Waals surface area contributed by atoms with Crippen molar-refractivity contribution in [1.29, 1.82) is 0 Å². The molecule has 0 aliphatic rings. The summed E-state index contributed by atoms with van der Waals surface area (Å²) in [6.45, 7) is 0.398. The van der Waals surface area contributed by atoms with E-state index >= 15 is 0 Å². The van der Waals surface area contributed by atoms with E-state index in [0.29, 0.717) is 17.3 Å². The van der Waals surface area contributed by atoms with Crippen LogP contribution in [-0.2, 0) is 6.54 Å². The minimum atomic E-state index is 0.398. The summed E-state index contributed by atoms with van der Waals surface area (Å²) in [6.07, 6.45) is 1.76. The van der Waals surface area contributed by atoms with E-state index in [9.17, 15) is 0 Å². The summed E-state index contributed by atoms with van der Waals surface area (Å²) in [5.41, 5.74) is 7.53. The van der Waals surface area contributed by atoms with Crippen LogP contribution in [0.15, 0.2) is 54.7 Å². The number of fused-ring (bicyclic) bond motifs is 1. The zero-order chi connectivity index (χ0) is 13.9. The second-order valence-corrected chi connectivity index (χ2v) is 4.82. The van der Waals surface area contributed by atoms with Gasteiger partial charge in [0.15, 0.2) is 0 Å². The summed E-state index contributed by atoms with van der Waals surface area (Å²) in [4.78, 5) is 4.31. The van der Waals surface area contributed by atoms with E-state index in [1.165, 1.54) is 0 Å². The van der Waals surface area contributed by atoms with Crippen LogP contribution in [0, 0.1) is 0 Å². The van der Waals surface area contributed by atoms with Gasteiger partial charge >= 0.3 is 0 Å². The number of pyridine rings is 1. The molecule has 100 valence electrons. The molecule has 0 aliphatic carbocycles. The van der Waals surface area contributed by atoms with Crippen LogP contribution in [-0.4, -0.2) is 4.98 Å². The first-order valence-electron chi connectivity index (χ1n) is 6.28. The second kappa shape index (κ2) is 5.49. The third-order valence-corrected chi connectivity index (χ3v) is 3.31. The van der Waals surface area contributed by atoms with Gasteiger partial charge in [-0.3, -0.25) is 4.98 Å². The van der Waals surface area contributed by atoms with E-state index in [1.54, 1.807) is 18.3 Å². The van der Waals surface area contributed by atoms with Crippen molar-refractivity contribution in [2.24, 2.45) is 5.73 Å². The molecule has 3 rings (SSSR count). The summed E-state index contributed by atoms with van der Waals surface area (Å²) in [6, 6.07) is 15.1. The van der Waals surface area contributed by atoms with Crippen LogP contribution in [0.25, 0.3) is 10.9 Å². The summed E-state index contributed by atoms with van der Waals surface area (Å²) in [5.74, 6) is 1.42. The van der Waals surface area contributed by atoms with Crippen molar-refractivity contribution in [2.75, 3.05) is 0 Å². The van der Waals surface area contributed by atoms with Crippen LogP contribution < -0.4 is 10.5 Å². The molecule has 1 heterocycles. The average Bonchev–Trinajstić information content (AvgIpc) is 2.48. The Labute approximate surface area is 122 Å². The number of hydrogen-bond acceptors (Lipinski definition) is 3. The van der Waals surface area contributed by atoms with Gasteiger partial charge in [0.25, 0.3) is 0 Å². The summed E-state index contributed by atoms with van der Waals surface area (Å²) < 4.78 is 5.99. The maximum Gasteiger partial charge on any atom is 0.136 e. The fourth-order valence-electron chi connectivity index (χ4n) is 2.07. The smallest absolute Gasteiger partial charge is 0.136 e. The third kappa shape index (κ3) is 2.46. The van der Waals surface area contributed by atoms with E-state index < -0.39 is 0 Å². The van der Waals surface area contributed by atoms with E-state index in [0.717, 1.165) is 22.2 Å². The number of hydrogen-bond donors (Lipinski definition) is 1. The van der Waals surface area contributed by atoms with Gasteiger partial charge in [-0.1, -0.05) is 23.7 Å². The topological polar surface area (TPSA) is 48.1 Å². The van der Waals surface area contributed by atoms with Gasteiger partial charge in [0.2, 0.25) is 0 Å². The molecular formula is C16H13ClN2O. The standard InChI is InChI=1S/C16H13ClN2O/c17-12-7-6-11(10-18)16(9-12)20-15-5-1-4-14-13(15)3-2-8-19-14/h1-9H,10,18H2. The van der Waals surface area contributed by atoms with Crippen LogP contribution in [0.1, 0.15) is 5.56 Å². The van der Waals surface area contributed by atoms with Gasteiger partial charge in [-0.15, -0.1) is 0 Å². The van der Waals surface area contributed by atoms with Gasteiger partial charge in [0.1, 0.15) is 11.5 Å². The largest absolute Gasteiger partial charge is 0.456 e. The molecule has 2 aromatic carbocycles. The highest BCUT2D eigenvalue weighted by atomic mass is 35.5. The Morgan fingerprint density at radius 1 is 1.05 bits per heavy atom. The van der Waals surface area contributed by atoms with Crippen molar-refractivity contribution in [2.45, 2.75) is 6.54 Å². The SMILES string of the molecule is NCc1ccc(Cl)cc1Oc1cccc2ncccc12. The van der Waals surface area contributed by atoms with E-state index in [2.05, 4.69) is 4.98 Å². The van der Waals surface area contributed by atoms with Gasteiger partial charge in [0.05, 0.1) is 5.52 Å². The Morgan fingerprint density at radius 2 is 1.95 bits per heavy atom. The Bertz CT molecular complexity index is 753. The van der Waals surface area contributed by atoms with Crippen LogP contribution in [0.4, 0.5) is 0 Å². The lowest BCUT2D eigenvalue weighted by Gasteiger charge is -2.12. The lowest BCUT2D eigenvalue weighted by molar-refractivity contribution is 0.482. The van der Waals surface area contributed by atoms with Gasteiger partial charge < -0.3 is 10.5 Å². The number of halogens is 1. The molecule has 4 heteroatoms. The molecule has 0 bridgehead atoms. The first-order chi connectivity index (χ1) is 9.78. The number of ether oxygens (including phenoxy) is 1. The number of benzene rings is 2. The highest BCUT2D eigenvalue weighted by Gasteiger charge is 2.08. The molecule has 2 N–H and O–H groups in total. The zero-order valence-corrected chi connectivity index (χ0v) is 11.5. The normalized spacial score (nSPS) is 10.7. The lowest BCUT2D eigenvalue weighted by atomic mass is 10.2. The van der Waals surface area contributed by atoms with Crippen molar-refractivity contribution in [1.82, 2.24) is 4.98 Å². The maximum absolute atomic E-state index is 6.03. The quantitative estimate of drug-likeness (QED) is 0.786. The van der Waals surface area contributed by atoms with Gasteiger partial charge in [0, 0.05) is 28.7 Å². The number of nitrogens with zero attached hydrogens (tertiary/aromatic N) is 1. The molecule has 0 radical (unpaired) electrons. The molecule has 0 atom stereocenters. The number of rotatable bonds is 3. The molecule has 0 spiro atoms. The minimum absolute atomic E-state index is 0.398. The molecule has 20 heavy (non-hydrogen) atoms. The fraction of sp³-hybridized carbons (Fsp3) is 0.0625.